The molecular weight excluding hydrogens is 283 g/mol. The number of fused-ring (bicyclic) bond motifs is 1. The molecule has 0 unspecified atom stereocenters. The minimum absolute atomic E-state index is 0. The molecule has 0 aliphatic carbocycles. The number of nitrogens with one attached hydrogen (secondary N) is 2. The van der Waals surface area contributed by atoms with Crippen LogP contribution in [0.25, 0.3) is 0 Å². The summed E-state index contributed by atoms with van der Waals surface area (Å²) >= 11 is 4.19. The van der Waals surface area contributed by atoms with Crippen molar-refractivity contribution >= 4 is 63.7 Å². The Bertz CT molecular complexity index is 497. The van der Waals surface area contributed by atoms with E-state index in [0.717, 1.165) is 11.4 Å². The SMILES string of the molecule is CCCS(=O)(=O)OC1(S)Nc2ccccc2N1.[NaH]. The Morgan fingerprint density at radius 2 is 1.78 bits per heavy atom. The summed E-state index contributed by atoms with van der Waals surface area (Å²) in [6, 6.07) is 7.31. The zero-order valence-corrected chi connectivity index (χ0v) is 11.0. The average Bonchev–Trinajstić information content (AvgIpc) is 2.51. The standard InChI is InChI=1S/C10H14N2O3S2.Na.H/c1-2-7-17(13,14)15-10(16)11-8-5-3-4-6-9(8)12-10;;/h3-6,11-12,16H,2,7H2,1H3;;. The predicted octanol–water partition coefficient (Wildman–Crippen LogP) is 1.17. The van der Waals surface area contributed by atoms with Crippen LogP contribution in [0.15, 0.2) is 24.3 Å². The van der Waals surface area contributed by atoms with Gasteiger partial charge in [0.15, 0.2) is 0 Å². The van der Waals surface area contributed by atoms with Crippen LogP contribution in [0, 0.1) is 0 Å². The van der Waals surface area contributed by atoms with Crippen LogP contribution in [-0.4, -0.2) is 48.9 Å². The summed E-state index contributed by atoms with van der Waals surface area (Å²) in [6.07, 6.45) is 0.499. The van der Waals surface area contributed by atoms with Gasteiger partial charge < -0.3 is 10.6 Å². The van der Waals surface area contributed by atoms with Gasteiger partial charge in [-0.05, 0) is 18.6 Å². The first-order valence-electron chi connectivity index (χ1n) is 5.25. The van der Waals surface area contributed by atoms with Gasteiger partial charge in [-0.3, -0.25) is 0 Å². The summed E-state index contributed by atoms with van der Waals surface area (Å²) in [7, 11) is -3.59. The van der Waals surface area contributed by atoms with Crippen LogP contribution in [-0.2, 0) is 14.3 Å². The summed E-state index contributed by atoms with van der Waals surface area (Å²) in [5, 5.41) is 4.35. The van der Waals surface area contributed by atoms with Crippen molar-refractivity contribution in [1.82, 2.24) is 0 Å². The van der Waals surface area contributed by atoms with Crippen molar-refractivity contribution < 1.29 is 12.6 Å². The van der Waals surface area contributed by atoms with Crippen LogP contribution in [0.5, 0.6) is 0 Å². The molecule has 1 heterocycles. The first-order valence-corrected chi connectivity index (χ1v) is 7.28. The number of benzene rings is 1. The van der Waals surface area contributed by atoms with Crippen LogP contribution < -0.4 is 10.6 Å². The second-order valence-corrected chi connectivity index (χ2v) is 6.10. The molecule has 1 aromatic rings. The fourth-order valence-corrected chi connectivity index (χ4v) is 3.23. The molecule has 1 aliphatic heterocycles. The van der Waals surface area contributed by atoms with Gasteiger partial charge in [-0.25, -0.2) is 4.18 Å². The van der Waals surface area contributed by atoms with Gasteiger partial charge in [-0.2, -0.15) is 8.42 Å². The van der Waals surface area contributed by atoms with Crippen molar-refractivity contribution in [3.05, 3.63) is 24.3 Å². The van der Waals surface area contributed by atoms with Gasteiger partial charge in [-0.1, -0.05) is 31.7 Å². The van der Waals surface area contributed by atoms with Crippen LogP contribution >= 0.6 is 12.6 Å². The molecule has 0 amide bonds. The fourth-order valence-electron chi connectivity index (χ4n) is 1.61. The van der Waals surface area contributed by atoms with Gasteiger partial charge in [0, 0.05) is 0 Å². The molecule has 2 N–H and O–H groups in total. The molecule has 0 radical (unpaired) electrons. The Morgan fingerprint density at radius 1 is 1.28 bits per heavy atom. The first kappa shape index (κ1) is 16.1. The molecule has 5 nitrogen and oxygen atoms in total. The number of para-hydroxylation sites is 2. The van der Waals surface area contributed by atoms with Crippen molar-refractivity contribution in [2.24, 2.45) is 0 Å². The van der Waals surface area contributed by atoms with Gasteiger partial charge in [0.25, 0.3) is 15.3 Å². The van der Waals surface area contributed by atoms with E-state index in [9.17, 15) is 8.42 Å². The monoisotopic (exact) mass is 298 g/mol. The zero-order valence-electron chi connectivity index (χ0n) is 9.30. The quantitative estimate of drug-likeness (QED) is 0.337. The van der Waals surface area contributed by atoms with Crippen LogP contribution in [0.4, 0.5) is 11.4 Å². The molecule has 0 atom stereocenters. The van der Waals surface area contributed by atoms with Crippen molar-refractivity contribution in [2.75, 3.05) is 16.4 Å². The molecule has 1 aromatic carbocycles. The van der Waals surface area contributed by atoms with Gasteiger partial charge >= 0.3 is 29.6 Å². The number of anilines is 2. The number of hydrogen-bond donors (Lipinski definition) is 3. The van der Waals surface area contributed by atoms with Crippen molar-refractivity contribution in [1.29, 1.82) is 0 Å². The molecular formula is C10H15N2NaO3S2. The molecule has 0 saturated carbocycles. The number of rotatable bonds is 4. The van der Waals surface area contributed by atoms with E-state index in [1.807, 2.05) is 24.3 Å². The fraction of sp³-hybridized carbons (Fsp3) is 0.400. The average molecular weight is 298 g/mol. The predicted molar refractivity (Wildman–Crippen MR) is 77.7 cm³/mol. The summed E-state index contributed by atoms with van der Waals surface area (Å²) in [5.74, 6) is -0.0327. The van der Waals surface area contributed by atoms with E-state index in [4.69, 9.17) is 4.18 Å². The summed E-state index contributed by atoms with van der Waals surface area (Å²) in [6.45, 7) is 1.77. The first-order chi connectivity index (χ1) is 7.94. The summed E-state index contributed by atoms with van der Waals surface area (Å²) in [4.78, 5) is 0. The Hall–Kier alpha value is 0.0800. The van der Waals surface area contributed by atoms with E-state index in [2.05, 4.69) is 23.3 Å². The molecule has 0 fully saturated rings. The molecule has 2 rings (SSSR count). The van der Waals surface area contributed by atoms with Crippen LogP contribution in [0.1, 0.15) is 13.3 Å². The molecule has 18 heavy (non-hydrogen) atoms. The van der Waals surface area contributed by atoms with Crippen molar-refractivity contribution in [2.45, 2.75) is 18.5 Å². The summed E-state index contributed by atoms with van der Waals surface area (Å²) in [5.41, 5.74) is 1.52. The maximum atomic E-state index is 11.6. The Morgan fingerprint density at radius 3 is 2.22 bits per heavy atom. The van der Waals surface area contributed by atoms with Gasteiger partial charge in [0.2, 0.25) is 0 Å². The minimum atomic E-state index is -3.59. The third-order valence-electron chi connectivity index (χ3n) is 2.24. The van der Waals surface area contributed by atoms with Gasteiger partial charge in [-0.15, -0.1) is 0 Å². The van der Waals surface area contributed by atoms with E-state index in [-0.39, 0.29) is 35.3 Å². The molecule has 0 aromatic heterocycles. The van der Waals surface area contributed by atoms with E-state index in [0.29, 0.717) is 6.42 Å². The molecule has 8 heteroatoms. The Labute approximate surface area is 135 Å². The molecule has 1 aliphatic rings. The number of hydrogen-bond acceptors (Lipinski definition) is 6. The third-order valence-corrected chi connectivity index (χ3v) is 4.09. The topological polar surface area (TPSA) is 67.4 Å². The van der Waals surface area contributed by atoms with E-state index in [1.54, 1.807) is 6.92 Å². The molecule has 96 valence electrons. The second kappa shape index (κ2) is 6.02. The van der Waals surface area contributed by atoms with E-state index < -0.39 is 15.3 Å². The maximum absolute atomic E-state index is 11.6. The van der Waals surface area contributed by atoms with Crippen LogP contribution in [0.2, 0.25) is 0 Å². The molecule has 0 saturated heterocycles. The van der Waals surface area contributed by atoms with Crippen molar-refractivity contribution in [3.63, 3.8) is 0 Å². The zero-order chi connectivity index (χ0) is 12.5. The van der Waals surface area contributed by atoms with Crippen LogP contribution in [0.3, 0.4) is 0 Å². The third kappa shape index (κ3) is 3.79. The molecule has 0 spiro atoms. The van der Waals surface area contributed by atoms with Gasteiger partial charge in [0.05, 0.1) is 17.1 Å². The van der Waals surface area contributed by atoms with Gasteiger partial charge in [0.1, 0.15) is 0 Å². The Balaban J connectivity index is 0.00000162. The normalized spacial score (nSPS) is 16.1. The summed E-state index contributed by atoms with van der Waals surface area (Å²) < 4.78 is 28.2. The number of thiol groups is 1. The van der Waals surface area contributed by atoms with Crippen molar-refractivity contribution in [3.8, 4) is 0 Å². The molecule has 0 bridgehead atoms. The van der Waals surface area contributed by atoms with E-state index in [1.165, 1.54) is 0 Å². The van der Waals surface area contributed by atoms with E-state index >= 15 is 0 Å². The Kier molecular flexibility index (Phi) is 5.40. The second-order valence-electron chi connectivity index (χ2n) is 3.78.